The summed E-state index contributed by atoms with van der Waals surface area (Å²) >= 11 is 0. The topological polar surface area (TPSA) is 32.3 Å². The van der Waals surface area contributed by atoms with E-state index in [1.807, 2.05) is 12.1 Å². The van der Waals surface area contributed by atoms with E-state index in [-0.39, 0.29) is 23.7 Å². The highest BCUT2D eigenvalue weighted by molar-refractivity contribution is 5.79. The Morgan fingerprint density at radius 1 is 1.14 bits per heavy atom. The zero-order chi connectivity index (χ0) is 19.5. The maximum Gasteiger partial charge on any atom is 0.223 e. The largest absolute Gasteiger partial charge is 0.349 e. The van der Waals surface area contributed by atoms with Gasteiger partial charge in [0, 0.05) is 18.0 Å². The molecule has 1 N–H and O–H groups in total. The van der Waals surface area contributed by atoms with Crippen LogP contribution in [0, 0.1) is 11.7 Å². The van der Waals surface area contributed by atoms with Crippen LogP contribution in [0.15, 0.2) is 42.5 Å². The van der Waals surface area contributed by atoms with Crippen LogP contribution in [0.5, 0.6) is 0 Å². The highest BCUT2D eigenvalue weighted by atomic mass is 19.1. The zero-order valence-electron chi connectivity index (χ0n) is 16.6. The van der Waals surface area contributed by atoms with Crippen molar-refractivity contribution < 1.29 is 9.18 Å². The lowest BCUT2D eigenvalue weighted by Crippen LogP contribution is -2.41. The molecule has 148 valence electrons. The van der Waals surface area contributed by atoms with Gasteiger partial charge in [-0.3, -0.25) is 9.69 Å². The number of nitrogens with one attached hydrogen (secondary N) is 1. The van der Waals surface area contributed by atoms with Gasteiger partial charge in [-0.25, -0.2) is 4.39 Å². The van der Waals surface area contributed by atoms with Crippen molar-refractivity contribution >= 4 is 5.91 Å². The average molecular weight is 381 g/mol. The van der Waals surface area contributed by atoms with E-state index in [9.17, 15) is 9.18 Å². The van der Waals surface area contributed by atoms with E-state index in [2.05, 4.69) is 35.3 Å². The van der Waals surface area contributed by atoms with E-state index >= 15 is 0 Å². The summed E-state index contributed by atoms with van der Waals surface area (Å²) in [6, 6.07) is 13.6. The van der Waals surface area contributed by atoms with Crippen LogP contribution in [0.25, 0.3) is 0 Å². The fourth-order valence-corrected chi connectivity index (χ4v) is 4.50. The number of nitrogens with zero attached hydrogens (tertiary/aromatic N) is 1. The molecule has 0 radical (unpaired) electrons. The van der Waals surface area contributed by atoms with Crippen LogP contribution in [0.3, 0.4) is 0 Å². The number of likely N-dealkylation sites (tertiary alicyclic amines) is 1. The Hall–Kier alpha value is -2.20. The number of amides is 1. The number of piperidine rings is 1. The van der Waals surface area contributed by atoms with E-state index in [1.54, 1.807) is 6.07 Å². The second-order valence-corrected chi connectivity index (χ2v) is 8.25. The average Bonchev–Trinajstić information content (AvgIpc) is 3.18. The van der Waals surface area contributed by atoms with Crippen LogP contribution in [-0.2, 0) is 24.2 Å². The van der Waals surface area contributed by atoms with Crippen molar-refractivity contribution in [2.24, 2.45) is 5.92 Å². The summed E-state index contributed by atoms with van der Waals surface area (Å²) in [6.07, 6.45) is 5.24. The number of benzene rings is 2. The van der Waals surface area contributed by atoms with Gasteiger partial charge in [-0.2, -0.15) is 0 Å². The molecule has 2 aromatic carbocycles. The Labute approximate surface area is 166 Å². The number of hydrogen-bond donors (Lipinski definition) is 1. The number of aryl methyl sites for hydroxylation is 2. The van der Waals surface area contributed by atoms with Gasteiger partial charge in [-0.05, 0) is 74.9 Å². The van der Waals surface area contributed by atoms with Crippen molar-refractivity contribution in [1.29, 1.82) is 0 Å². The number of halogens is 1. The van der Waals surface area contributed by atoms with Crippen LogP contribution in [0.2, 0.25) is 0 Å². The van der Waals surface area contributed by atoms with E-state index in [4.69, 9.17) is 0 Å². The molecule has 1 amide bonds. The second kappa shape index (κ2) is 8.44. The number of hydrogen-bond acceptors (Lipinski definition) is 2. The summed E-state index contributed by atoms with van der Waals surface area (Å²) in [4.78, 5) is 15.0. The first-order valence-electron chi connectivity index (χ1n) is 10.5. The Balaban J connectivity index is 1.28. The summed E-state index contributed by atoms with van der Waals surface area (Å²) in [5.74, 6) is 0.0535. The molecule has 1 aliphatic carbocycles. The Bertz CT molecular complexity index is 842. The third kappa shape index (κ3) is 4.27. The highest BCUT2D eigenvalue weighted by Gasteiger charge is 2.26. The van der Waals surface area contributed by atoms with Crippen LogP contribution >= 0.6 is 0 Å². The van der Waals surface area contributed by atoms with Crippen molar-refractivity contribution in [1.82, 2.24) is 10.2 Å². The molecule has 0 spiro atoms. The molecule has 2 aliphatic rings. The fourth-order valence-electron chi connectivity index (χ4n) is 4.50. The molecule has 0 unspecified atom stereocenters. The molecule has 0 aromatic heterocycles. The number of fused-ring (bicyclic) bond motifs is 1. The smallest absolute Gasteiger partial charge is 0.223 e. The number of carbonyl (C=O) groups is 1. The zero-order valence-corrected chi connectivity index (χ0v) is 16.6. The molecule has 2 aromatic rings. The Kier molecular flexibility index (Phi) is 5.77. The molecule has 0 bridgehead atoms. The van der Waals surface area contributed by atoms with Gasteiger partial charge in [0.15, 0.2) is 0 Å². The van der Waals surface area contributed by atoms with Crippen LogP contribution in [0.1, 0.15) is 54.5 Å². The molecule has 4 rings (SSSR count). The maximum atomic E-state index is 13.8. The van der Waals surface area contributed by atoms with E-state index in [0.29, 0.717) is 6.54 Å². The molecule has 1 atom stereocenters. The highest BCUT2D eigenvalue weighted by Crippen LogP contribution is 2.26. The van der Waals surface area contributed by atoms with Crippen molar-refractivity contribution in [2.45, 2.75) is 51.6 Å². The third-order valence-electron chi connectivity index (χ3n) is 6.29. The summed E-state index contributed by atoms with van der Waals surface area (Å²) in [6.45, 7) is 4.35. The van der Waals surface area contributed by atoms with Crippen molar-refractivity contribution in [3.8, 4) is 0 Å². The van der Waals surface area contributed by atoms with E-state index in [0.717, 1.165) is 37.9 Å². The van der Waals surface area contributed by atoms with Crippen LogP contribution in [-0.4, -0.2) is 23.9 Å². The standard InChI is InChI=1S/C24H29FN2O/c1-17(20-10-9-18-6-4-7-21(18)15-20)26-24(28)19-11-13-27(14-12-19)16-22-5-2-3-8-23(22)25/h2-3,5,8-10,15,17,19H,4,6-7,11-14,16H2,1H3,(H,26,28)/t17-/m1/s1. The van der Waals surface area contributed by atoms with Gasteiger partial charge in [-0.15, -0.1) is 0 Å². The molecular weight excluding hydrogens is 351 g/mol. The normalized spacial score (nSPS) is 18.6. The second-order valence-electron chi connectivity index (χ2n) is 8.25. The van der Waals surface area contributed by atoms with E-state index < -0.39 is 0 Å². The van der Waals surface area contributed by atoms with Crippen molar-refractivity contribution in [3.63, 3.8) is 0 Å². The van der Waals surface area contributed by atoms with Gasteiger partial charge in [0.25, 0.3) is 0 Å². The molecule has 1 aliphatic heterocycles. The van der Waals surface area contributed by atoms with Crippen LogP contribution < -0.4 is 5.32 Å². The first-order chi connectivity index (χ1) is 13.6. The van der Waals surface area contributed by atoms with Crippen molar-refractivity contribution in [2.75, 3.05) is 13.1 Å². The molecule has 1 saturated heterocycles. The molecule has 4 heteroatoms. The minimum atomic E-state index is -0.148. The molecular formula is C24H29FN2O. The molecule has 1 fully saturated rings. The molecule has 3 nitrogen and oxygen atoms in total. The SMILES string of the molecule is C[C@@H](NC(=O)C1CCN(Cc2ccccc2F)CC1)c1ccc2c(c1)CCC2. The predicted octanol–water partition coefficient (Wildman–Crippen LogP) is 4.40. The van der Waals surface area contributed by atoms with Gasteiger partial charge in [-0.1, -0.05) is 36.4 Å². The quantitative estimate of drug-likeness (QED) is 0.834. The maximum absolute atomic E-state index is 13.8. The number of rotatable bonds is 5. The van der Waals surface area contributed by atoms with Gasteiger partial charge in [0.1, 0.15) is 5.82 Å². The number of carbonyl (C=O) groups excluding carboxylic acids is 1. The summed E-state index contributed by atoms with van der Waals surface area (Å²) in [7, 11) is 0. The first kappa shape index (κ1) is 19.1. The fraction of sp³-hybridized carbons (Fsp3) is 0.458. The Morgan fingerprint density at radius 3 is 2.68 bits per heavy atom. The minimum Gasteiger partial charge on any atom is -0.349 e. The lowest BCUT2D eigenvalue weighted by Gasteiger charge is -2.32. The lowest BCUT2D eigenvalue weighted by molar-refractivity contribution is -0.127. The minimum absolute atomic E-state index is 0.0369. The Morgan fingerprint density at radius 2 is 1.89 bits per heavy atom. The van der Waals surface area contributed by atoms with Gasteiger partial charge in [0.2, 0.25) is 5.91 Å². The lowest BCUT2D eigenvalue weighted by atomic mass is 9.94. The van der Waals surface area contributed by atoms with Crippen molar-refractivity contribution in [3.05, 3.63) is 70.5 Å². The summed E-state index contributed by atoms with van der Waals surface area (Å²) < 4.78 is 13.8. The molecule has 28 heavy (non-hydrogen) atoms. The summed E-state index contributed by atoms with van der Waals surface area (Å²) in [5, 5.41) is 3.21. The first-order valence-corrected chi connectivity index (χ1v) is 10.5. The van der Waals surface area contributed by atoms with Gasteiger partial charge in [0.05, 0.1) is 6.04 Å². The monoisotopic (exact) mass is 380 g/mol. The molecule has 0 saturated carbocycles. The van der Waals surface area contributed by atoms with Crippen LogP contribution in [0.4, 0.5) is 4.39 Å². The summed E-state index contributed by atoms with van der Waals surface area (Å²) in [5.41, 5.74) is 4.84. The van der Waals surface area contributed by atoms with E-state index in [1.165, 1.54) is 35.6 Å². The van der Waals surface area contributed by atoms with Gasteiger partial charge >= 0.3 is 0 Å². The predicted molar refractivity (Wildman–Crippen MR) is 109 cm³/mol. The van der Waals surface area contributed by atoms with Gasteiger partial charge < -0.3 is 5.32 Å². The third-order valence-corrected chi connectivity index (χ3v) is 6.29. The molecule has 1 heterocycles.